The van der Waals surface area contributed by atoms with Crippen LogP contribution in [0.1, 0.15) is 57.6 Å². The molecule has 0 amide bonds. The maximum absolute atomic E-state index is 5.65. The number of hydrogen-bond donors (Lipinski definition) is 2. The van der Waals surface area contributed by atoms with Gasteiger partial charge in [-0.3, -0.25) is 4.68 Å². The average Bonchev–Trinajstić information content (AvgIpc) is 3.33. The Bertz CT molecular complexity index is 841. The van der Waals surface area contributed by atoms with Crippen LogP contribution in [0, 0.1) is 0 Å². The van der Waals surface area contributed by atoms with E-state index >= 15 is 0 Å². The molecule has 4 rings (SSSR count). The summed E-state index contributed by atoms with van der Waals surface area (Å²) in [4.78, 5) is 8.20. The van der Waals surface area contributed by atoms with Gasteiger partial charge in [0.2, 0.25) is 5.95 Å². The van der Waals surface area contributed by atoms with Gasteiger partial charge < -0.3 is 11.5 Å². The number of nitrogen functional groups attached to an aromatic ring is 1. The van der Waals surface area contributed by atoms with Crippen LogP contribution in [0.25, 0.3) is 22.2 Å². The lowest BCUT2D eigenvalue weighted by Gasteiger charge is -2.07. The van der Waals surface area contributed by atoms with Crippen molar-refractivity contribution in [2.45, 2.75) is 51.9 Å². The van der Waals surface area contributed by atoms with E-state index < -0.39 is 0 Å². The zero-order chi connectivity index (χ0) is 19.8. The van der Waals surface area contributed by atoms with Gasteiger partial charge in [-0.25, -0.2) is 9.97 Å². The first-order chi connectivity index (χ1) is 13.1. The molecule has 0 spiro atoms. The van der Waals surface area contributed by atoms with Gasteiger partial charge in [0.25, 0.3) is 0 Å². The van der Waals surface area contributed by atoms with Crippen molar-refractivity contribution in [1.29, 1.82) is 0 Å². The molecule has 6 nitrogen and oxygen atoms in total. The van der Waals surface area contributed by atoms with E-state index in [2.05, 4.69) is 40.7 Å². The first-order valence-electron chi connectivity index (χ1n) is 9.69. The molecule has 0 radical (unpaired) electrons. The highest BCUT2D eigenvalue weighted by Crippen LogP contribution is 2.28. The molecule has 2 aromatic heterocycles. The number of nitrogens with zero attached hydrogens (tertiary/aromatic N) is 4. The molecule has 1 aromatic carbocycles. The van der Waals surface area contributed by atoms with Crippen molar-refractivity contribution < 1.29 is 0 Å². The van der Waals surface area contributed by atoms with E-state index in [1.165, 1.54) is 44.8 Å². The molecule has 27 heavy (non-hydrogen) atoms. The summed E-state index contributed by atoms with van der Waals surface area (Å²) in [6.45, 7) is 4.34. The number of aromatic nitrogens is 4. The number of rotatable bonds is 2. The van der Waals surface area contributed by atoms with E-state index in [4.69, 9.17) is 5.73 Å². The lowest BCUT2D eigenvalue weighted by molar-refractivity contribution is 0.677. The second-order valence-corrected chi connectivity index (χ2v) is 6.96. The van der Waals surface area contributed by atoms with Gasteiger partial charge in [0.1, 0.15) is 0 Å². The fourth-order valence-electron chi connectivity index (χ4n) is 3.48. The minimum atomic E-state index is 0.290. The van der Waals surface area contributed by atoms with Crippen LogP contribution >= 0.6 is 0 Å². The third kappa shape index (κ3) is 5.26. The smallest absolute Gasteiger partial charge is 0.220 e. The Morgan fingerprint density at radius 1 is 1.00 bits per heavy atom. The van der Waals surface area contributed by atoms with E-state index in [0.29, 0.717) is 5.92 Å². The lowest BCUT2D eigenvalue weighted by Crippen LogP contribution is -1.99. The number of aryl methyl sites for hydroxylation is 1. The molecule has 2 heterocycles. The van der Waals surface area contributed by atoms with Gasteiger partial charge in [-0.1, -0.05) is 52.0 Å². The lowest BCUT2D eigenvalue weighted by atomic mass is 10.0. The highest BCUT2D eigenvalue weighted by Gasteiger charge is 2.13. The van der Waals surface area contributed by atoms with Crippen LogP contribution in [0.4, 0.5) is 5.95 Å². The van der Waals surface area contributed by atoms with Gasteiger partial charge in [-0.2, -0.15) is 5.10 Å². The molecule has 1 aliphatic rings. The van der Waals surface area contributed by atoms with Crippen molar-refractivity contribution in [3.63, 3.8) is 0 Å². The van der Waals surface area contributed by atoms with Crippen molar-refractivity contribution in [2.24, 2.45) is 12.8 Å². The molecule has 0 atom stereocenters. The van der Waals surface area contributed by atoms with Crippen LogP contribution in [0.5, 0.6) is 0 Å². The maximum atomic E-state index is 5.65. The Labute approximate surface area is 162 Å². The Morgan fingerprint density at radius 2 is 1.63 bits per heavy atom. The molecular formula is C21H32N6. The molecule has 1 fully saturated rings. The zero-order valence-electron chi connectivity index (χ0n) is 16.9. The summed E-state index contributed by atoms with van der Waals surface area (Å²) in [5, 5.41) is 5.71. The first kappa shape index (κ1) is 20.8. The van der Waals surface area contributed by atoms with E-state index in [9.17, 15) is 0 Å². The monoisotopic (exact) mass is 368 g/mol. The zero-order valence-corrected chi connectivity index (χ0v) is 16.9. The molecule has 0 aliphatic heterocycles. The number of nitrogens with two attached hydrogens (primary N) is 2. The van der Waals surface area contributed by atoms with E-state index in [1.54, 1.807) is 6.20 Å². The van der Waals surface area contributed by atoms with Crippen LogP contribution in [-0.2, 0) is 7.05 Å². The van der Waals surface area contributed by atoms with Crippen LogP contribution in [0.2, 0.25) is 0 Å². The topological polar surface area (TPSA) is 95.6 Å². The Morgan fingerprint density at radius 3 is 2.19 bits per heavy atom. The number of hydrogen-bond acceptors (Lipinski definition) is 5. The number of benzene rings is 1. The second-order valence-electron chi connectivity index (χ2n) is 6.96. The van der Waals surface area contributed by atoms with Crippen molar-refractivity contribution in [1.82, 2.24) is 19.7 Å². The minimum Gasteiger partial charge on any atom is -0.368 e. The van der Waals surface area contributed by atoms with Crippen LogP contribution in [0.15, 0.2) is 30.5 Å². The summed E-state index contributed by atoms with van der Waals surface area (Å²) in [5.74, 6) is 0.702. The van der Waals surface area contributed by atoms with Gasteiger partial charge in [-0.05, 0) is 31.2 Å². The second kappa shape index (κ2) is 10.0. The molecule has 146 valence electrons. The van der Waals surface area contributed by atoms with Crippen LogP contribution in [0.3, 0.4) is 0 Å². The van der Waals surface area contributed by atoms with Gasteiger partial charge in [0.15, 0.2) is 0 Å². The van der Waals surface area contributed by atoms with Crippen molar-refractivity contribution >= 4 is 16.9 Å². The van der Waals surface area contributed by atoms with Crippen LogP contribution < -0.4 is 11.5 Å². The summed E-state index contributed by atoms with van der Waals surface area (Å²) < 4.78 is 1.95. The van der Waals surface area contributed by atoms with E-state index in [1.807, 2.05) is 29.9 Å². The first-order valence-corrected chi connectivity index (χ1v) is 9.69. The molecule has 4 N–H and O–H groups in total. The Kier molecular flexibility index (Phi) is 7.73. The fraction of sp³-hybridized carbons (Fsp3) is 0.476. The van der Waals surface area contributed by atoms with Gasteiger partial charge in [0, 0.05) is 29.9 Å². The molecule has 1 saturated carbocycles. The van der Waals surface area contributed by atoms with Crippen LogP contribution in [-0.4, -0.2) is 26.8 Å². The van der Waals surface area contributed by atoms with E-state index in [0.717, 1.165) is 22.2 Å². The Balaban J connectivity index is 0.000000318. The van der Waals surface area contributed by atoms with Crippen molar-refractivity contribution in [2.75, 3.05) is 12.8 Å². The average molecular weight is 369 g/mol. The summed E-state index contributed by atoms with van der Waals surface area (Å²) in [6.07, 6.45) is 9.18. The molecule has 0 unspecified atom stereocenters. The maximum Gasteiger partial charge on any atom is 0.220 e. The Hall–Kier alpha value is -2.47. The summed E-state index contributed by atoms with van der Waals surface area (Å²) in [6, 6.07) is 8.03. The summed E-state index contributed by atoms with van der Waals surface area (Å²) in [7, 11) is 3.48. The van der Waals surface area contributed by atoms with Gasteiger partial charge in [-0.15, -0.1) is 0 Å². The molecule has 0 bridgehead atoms. The predicted octanol–water partition coefficient (Wildman–Crippen LogP) is 4.26. The summed E-state index contributed by atoms with van der Waals surface area (Å²) in [5.41, 5.74) is 14.2. The highest BCUT2D eigenvalue weighted by molar-refractivity contribution is 5.86. The molecule has 6 heteroatoms. The van der Waals surface area contributed by atoms with Crippen molar-refractivity contribution in [3.05, 3.63) is 36.2 Å². The number of fused-ring (bicyclic) bond motifs is 1. The van der Waals surface area contributed by atoms with Gasteiger partial charge >= 0.3 is 0 Å². The highest BCUT2D eigenvalue weighted by atomic mass is 15.3. The molecule has 1 aliphatic carbocycles. The SMILES string of the molecule is C1CCCC1.CC(C)c1c2cc(-c3ccnc(N)n3)ccc2nn1C.CN. The largest absolute Gasteiger partial charge is 0.368 e. The predicted molar refractivity (Wildman–Crippen MR) is 113 cm³/mol. The van der Waals surface area contributed by atoms with Crippen molar-refractivity contribution in [3.8, 4) is 11.3 Å². The molecular weight excluding hydrogens is 336 g/mol. The quantitative estimate of drug-likeness (QED) is 0.704. The normalized spacial score (nSPS) is 13.1. The standard InChI is InChI=1S/C15H17N5.C5H10.CH5N/c1-9(2)14-11-8-10(4-5-13(11)19-20(14)3)12-6-7-17-15(16)18-12;1-2-4-5-3-1;1-2/h4-9H,1-3H3,(H2,16,17,18);1-5H2;2H2,1H3. The molecule has 3 aromatic rings. The third-order valence-corrected chi connectivity index (χ3v) is 4.65. The molecule has 0 saturated heterocycles. The van der Waals surface area contributed by atoms with Gasteiger partial charge in [0.05, 0.1) is 11.2 Å². The minimum absolute atomic E-state index is 0.290. The summed E-state index contributed by atoms with van der Waals surface area (Å²) >= 11 is 0. The fourth-order valence-corrected chi connectivity index (χ4v) is 3.48. The van der Waals surface area contributed by atoms with E-state index in [-0.39, 0.29) is 5.95 Å². The number of anilines is 1. The third-order valence-electron chi connectivity index (χ3n) is 4.65.